The number of aryl methyl sites for hydroxylation is 1. The fourth-order valence-corrected chi connectivity index (χ4v) is 2.58. The molecule has 0 bridgehead atoms. The van der Waals surface area contributed by atoms with Crippen LogP contribution in [0.25, 0.3) is 11.3 Å². The van der Waals surface area contributed by atoms with Crippen LogP contribution < -0.4 is 5.32 Å². The molecule has 9 heteroatoms. The predicted molar refractivity (Wildman–Crippen MR) is 97.1 cm³/mol. The van der Waals surface area contributed by atoms with E-state index in [1.165, 1.54) is 30.3 Å². The largest absolute Gasteiger partial charge is 0.465 e. The first-order chi connectivity index (χ1) is 12.9. The van der Waals surface area contributed by atoms with Crippen molar-refractivity contribution < 1.29 is 13.9 Å². The number of hydrogen-bond acceptors (Lipinski definition) is 7. The lowest BCUT2D eigenvalue weighted by atomic mass is 9.98. The van der Waals surface area contributed by atoms with Gasteiger partial charge < -0.3 is 4.74 Å². The molecule has 3 rings (SSSR count). The Labute approximate surface area is 155 Å². The first-order valence-electron chi connectivity index (χ1n) is 8.28. The number of carbonyl (C=O) groups excluding carboxylic acids is 1. The topological polar surface area (TPSA) is 94.8 Å². The Bertz CT molecular complexity index is 968. The Hall–Kier alpha value is -3.36. The van der Waals surface area contributed by atoms with Crippen LogP contribution in [-0.2, 0) is 11.8 Å². The molecule has 0 atom stereocenters. The average molecular weight is 370 g/mol. The van der Waals surface area contributed by atoms with Crippen LogP contribution in [0.4, 0.5) is 16.3 Å². The number of ether oxygens (including phenoxy) is 1. The molecule has 0 spiro atoms. The molecule has 0 radical (unpaired) electrons. The van der Waals surface area contributed by atoms with E-state index in [1.807, 2.05) is 13.8 Å². The van der Waals surface area contributed by atoms with Gasteiger partial charge in [0.25, 0.3) is 0 Å². The third kappa shape index (κ3) is 3.76. The Kier molecular flexibility index (Phi) is 5.11. The maximum absolute atomic E-state index is 13.4. The number of benzene rings is 1. The van der Waals surface area contributed by atoms with Gasteiger partial charge in [-0.15, -0.1) is 0 Å². The predicted octanol–water partition coefficient (Wildman–Crippen LogP) is 3.06. The van der Waals surface area contributed by atoms with Gasteiger partial charge in [0.05, 0.1) is 18.5 Å². The minimum atomic E-state index is -0.553. The van der Waals surface area contributed by atoms with Crippen LogP contribution in [0.1, 0.15) is 35.8 Å². The zero-order valence-corrected chi connectivity index (χ0v) is 15.4. The van der Waals surface area contributed by atoms with E-state index in [0.29, 0.717) is 22.9 Å². The van der Waals surface area contributed by atoms with Gasteiger partial charge in [-0.1, -0.05) is 13.8 Å². The zero-order chi connectivity index (χ0) is 19.6. The Morgan fingerprint density at radius 1 is 1.22 bits per heavy atom. The molecule has 2 heterocycles. The summed E-state index contributed by atoms with van der Waals surface area (Å²) in [5, 5.41) is 6.99. The summed E-state index contributed by atoms with van der Waals surface area (Å²) in [7, 11) is 3.02. The molecule has 0 fully saturated rings. The fourth-order valence-electron chi connectivity index (χ4n) is 2.58. The van der Waals surface area contributed by atoms with Crippen molar-refractivity contribution >= 4 is 17.9 Å². The van der Waals surface area contributed by atoms with E-state index in [2.05, 4.69) is 25.4 Å². The lowest BCUT2D eigenvalue weighted by molar-refractivity contribution is 0.0599. The number of rotatable bonds is 5. The Morgan fingerprint density at radius 2 is 1.93 bits per heavy atom. The number of halogens is 1. The van der Waals surface area contributed by atoms with Gasteiger partial charge in [-0.05, 0) is 30.2 Å². The van der Waals surface area contributed by atoms with Crippen molar-refractivity contribution in [3.63, 3.8) is 0 Å². The van der Waals surface area contributed by atoms with Crippen molar-refractivity contribution in [2.75, 3.05) is 12.4 Å². The van der Waals surface area contributed by atoms with E-state index >= 15 is 0 Å². The van der Waals surface area contributed by atoms with Crippen LogP contribution in [0.3, 0.4) is 0 Å². The minimum absolute atomic E-state index is 0.0821. The molecule has 8 nitrogen and oxygen atoms in total. The maximum atomic E-state index is 13.4. The van der Waals surface area contributed by atoms with Crippen LogP contribution in [0.2, 0.25) is 0 Å². The van der Waals surface area contributed by atoms with E-state index in [-0.39, 0.29) is 23.2 Å². The first-order valence-corrected chi connectivity index (χ1v) is 8.28. The highest BCUT2D eigenvalue weighted by atomic mass is 19.1. The van der Waals surface area contributed by atoms with Crippen LogP contribution in [0.5, 0.6) is 0 Å². The number of nitrogens with one attached hydrogen (secondary N) is 1. The summed E-state index contributed by atoms with van der Waals surface area (Å²) in [5.41, 5.74) is 1.69. The number of anilines is 2. The molecule has 1 N–H and O–H groups in total. The van der Waals surface area contributed by atoms with Gasteiger partial charge in [0.15, 0.2) is 0 Å². The lowest BCUT2D eigenvalue weighted by Crippen LogP contribution is -2.15. The quantitative estimate of drug-likeness (QED) is 0.690. The smallest absolute Gasteiger partial charge is 0.341 e. The number of esters is 1. The highest BCUT2D eigenvalue weighted by molar-refractivity contribution is 5.97. The molecule has 0 amide bonds. The molecular weight excluding hydrogens is 351 g/mol. The summed E-state index contributed by atoms with van der Waals surface area (Å²) < 4.78 is 19.8. The molecule has 140 valence electrons. The van der Waals surface area contributed by atoms with Crippen molar-refractivity contribution in [2.45, 2.75) is 19.8 Å². The van der Waals surface area contributed by atoms with Crippen molar-refractivity contribution in [3.8, 4) is 11.3 Å². The molecule has 0 aliphatic carbocycles. The molecule has 0 saturated heterocycles. The molecular formula is C18H19FN6O2. The van der Waals surface area contributed by atoms with Crippen LogP contribution in [0.15, 0.2) is 30.6 Å². The number of methoxy groups -OCH3 is 1. The van der Waals surface area contributed by atoms with E-state index in [9.17, 15) is 9.18 Å². The molecule has 1 aromatic carbocycles. The van der Waals surface area contributed by atoms with E-state index < -0.39 is 5.97 Å². The number of carbonyl (C=O) groups is 1. The van der Waals surface area contributed by atoms with Crippen molar-refractivity contribution in [1.29, 1.82) is 0 Å². The molecule has 0 aliphatic heterocycles. The molecule has 3 aromatic rings. The van der Waals surface area contributed by atoms with Gasteiger partial charge in [-0.2, -0.15) is 10.1 Å². The van der Waals surface area contributed by atoms with Gasteiger partial charge in [-0.3, -0.25) is 5.32 Å². The van der Waals surface area contributed by atoms with Gasteiger partial charge in [-0.25, -0.2) is 23.8 Å². The van der Waals surface area contributed by atoms with E-state index in [0.717, 1.165) is 0 Å². The maximum Gasteiger partial charge on any atom is 0.341 e. The highest BCUT2D eigenvalue weighted by Crippen LogP contribution is 2.30. The summed E-state index contributed by atoms with van der Waals surface area (Å²) in [6, 6.07) is 5.73. The third-order valence-corrected chi connectivity index (χ3v) is 3.93. The molecule has 0 saturated carbocycles. The molecule has 27 heavy (non-hydrogen) atoms. The normalized spacial score (nSPS) is 10.9. The third-order valence-electron chi connectivity index (χ3n) is 3.93. The van der Waals surface area contributed by atoms with Crippen LogP contribution in [0, 0.1) is 5.82 Å². The van der Waals surface area contributed by atoms with E-state index in [1.54, 1.807) is 19.2 Å². The zero-order valence-electron chi connectivity index (χ0n) is 15.4. The second-order valence-electron chi connectivity index (χ2n) is 6.14. The summed E-state index contributed by atoms with van der Waals surface area (Å²) in [6.07, 6.45) is 1.40. The fraction of sp³-hybridized carbons (Fsp3) is 0.278. The number of hydrogen-bond donors (Lipinski definition) is 1. The Morgan fingerprint density at radius 3 is 2.48 bits per heavy atom. The summed E-state index contributed by atoms with van der Waals surface area (Å²) in [6.45, 7) is 3.82. The number of aromatic nitrogens is 5. The molecule has 0 aliphatic rings. The van der Waals surface area contributed by atoms with Gasteiger partial charge in [0, 0.05) is 12.6 Å². The standard InChI is InChI=1S/C18H19FN6O2/c1-10(2)14-13(16(26)27-4)15(11-5-7-12(19)8-6-11)23-17(22-14)24-18-20-9-21-25(18)3/h5-10H,1-4H3,(H,20,21,22,23,24). The average Bonchev–Trinajstić information content (AvgIpc) is 3.05. The van der Waals surface area contributed by atoms with Crippen molar-refractivity contribution in [2.24, 2.45) is 7.05 Å². The molecule has 0 unspecified atom stereocenters. The van der Waals surface area contributed by atoms with Crippen LogP contribution >= 0.6 is 0 Å². The van der Waals surface area contributed by atoms with Gasteiger partial charge in [0.2, 0.25) is 11.9 Å². The second-order valence-corrected chi connectivity index (χ2v) is 6.14. The monoisotopic (exact) mass is 370 g/mol. The van der Waals surface area contributed by atoms with Crippen molar-refractivity contribution in [3.05, 3.63) is 47.7 Å². The highest BCUT2D eigenvalue weighted by Gasteiger charge is 2.25. The van der Waals surface area contributed by atoms with Gasteiger partial charge >= 0.3 is 5.97 Å². The summed E-state index contributed by atoms with van der Waals surface area (Å²) in [4.78, 5) is 25.5. The van der Waals surface area contributed by atoms with Gasteiger partial charge in [0.1, 0.15) is 17.7 Å². The van der Waals surface area contributed by atoms with E-state index in [4.69, 9.17) is 4.74 Å². The minimum Gasteiger partial charge on any atom is -0.465 e. The Balaban J connectivity index is 2.21. The second kappa shape index (κ2) is 7.48. The summed E-state index contributed by atoms with van der Waals surface area (Å²) in [5.74, 6) is -0.319. The van der Waals surface area contributed by atoms with Crippen LogP contribution in [-0.4, -0.2) is 37.8 Å². The summed E-state index contributed by atoms with van der Waals surface area (Å²) >= 11 is 0. The first kappa shape index (κ1) is 18.4. The van der Waals surface area contributed by atoms with Crippen molar-refractivity contribution in [1.82, 2.24) is 24.7 Å². The SMILES string of the molecule is COC(=O)c1c(-c2ccc(F)cc2)nc(Nc2ncnn2C)nc1C(C)C. The molecule has 2 aromatic heterocycles. The lowest BCUT2D eigenvalue weighted by Gasteiger charge is -2.16. The number of nitrogens with zero attached hydrogens (tertiary/aromatic N) is 5.